The van der Waals surface area contributed by atoms with Gasteiger partial charge in [-0.3, -0.25) is 13.9 Å². The van der Waals surface area contributed by atoms with E-state index in [-0.39, 0.29) is 24.9 Å². The van der Waals surface area contributed by atoms with Crippen molar-refractivity contribution in [3.63, 3.8) is 0 Å². The zero-order valence-corrected chi connectivity index (χ0v) is 24.6. The van der Waals surface area contributed by atoms with Crippen LogP contribution in [0.1, 0.15) is 37.5 Å². The lowest BCUT2D eigenvalue weighted by atomic mass is 10.0. The lowest BCUT2D eigenvalue weighted by Crippen LogP contribution is -2.54. The van der Waals surface area contributed by atoms with E-state index >= 15 is 0 Å². The highest BCUT2D eigenvalue weighted by molar-refractivity contribution is 7.92. The highest BCUT2D eigenvalue weighted by Crippen LogP contribution is 2.23. The number of amides is 2. The van der Waals surface area contributed by atoms with E-state index in [2.05, 4.69) is 5.32 Å². The second kappa shape index (κ2) is 14.0. The summed E-state index contributed by atoms with van der Waals surface area (Å²) in [5, 5.41) is 2.95. The van der Waals surface area contributed by atoms with Gasteiger partial charge in [0.2, 0.25) is 21.8 Å². The fourth-order valence-corrected chi connectivity index (χ4v) is 5.28. The zero-order valence-electron chi connectivity index (χ0n) is 23.8. The van der Waals surface area contributed by atoms with Gasteiger partial charge in [-0.2, -0.15) is 0 Å². The Balaban J connectivity index is 2.03. The van der Waals surface area contributed by atoms with E-state index in [4.69, 9.17) is 4.74 Å². The Hall–Kier alpha value is -3.85. The maximum absolute atomic E-state index is 14.1. The number of benzene rings is 3. The van der Waals surface area contributed by atoms with Crippen LogP contribution in [0.15, 0.2) is 78.9 Å². The molecule has 0 aliphatic carbocycles. The lowest BCUT2D eigenvalue weighted by molar-refractivity contribution is -0.140. The molecule has 8 nitrogen and oxygen atoms in total. The summed E-state index contributed by atoms with van der Waals surface area (Å²) in [4.78, 5) is 29.1. The maximum atomic E-state index is 14.1. The first kappa shape index (κ1) is 30.7. The molecule has 0 unspecified atom stereocenters. The van der Waals surface area contributed by atoms with Gasteiger partial charge in [0.15, 0.2) is 0 Å². The van der Waals surface area contributed by atoms with Crippen LogP contribution in [0.3, 0.4) is 0 Å². The van der Waals surface area contributed by atoms with Crippen LogP contribution in [0.25, 0.3) is 0 Å². The van der Waals surface area contributed by atoms with Gasteiger partial charge in [-0.15, -0.1) is 0 Å². The van der Waals surface area contributed by atoms with Gasteiger partial charge < -0.3 is 15.0 Å². The van der Waals surface area contributed by atoms with Gasteiger partial charge in [0.1, 0.15) is 18.3 Å². The molecule has 0 radical (unpaired) electrons. The van der Waals surface area contributed by atoms with Gasteiger partial charge in [-0.1, -0.05) is 60.2 Å². The number of nitrogens with zero attached hydrogens (tertiary/aromatic N) is 2. The summed E-state index contributed by atoms with van der Waals surface area (Å²) in [5.74, 6) is -0.187. The van der Waals surface area contributed by atoms with Crippen molar-refractivity contribution in [1.29, 1.82) is 0 Å². The first-order chi connectivity index (χ1) is 19.0. The fraction of sp³-hybridized carbons (Fsp3) is 0.355. The van der Waals surface area contributed by atoms with Crippen molar-refractivity contribution >= 4 is 27.5 Å². The van der Waals surface area contributed by atoms with E-state index in [1.165, 1.54) is 4.90 Å². The van der Waals surface area contributed by atoms with Crippen LogP contribution in [0.2, 0.25) is 0 Å². The highest BCUT2D eigenvalue weighted by atomic mass is 32.2. The molecular weight excluding hydrogens is 526 g/mol. The number of hydrogen-bond donors (Lipinski definition) is 1. The minimum absolute atomic E-state index is 0.141. The predicted octanol–water partition coefficient (Wildman–Crippen LogP) is 4.32. The summed E-state index contributed by atoms with van der Waals surface area (Å²) >= 11 is 0. The third-order valence-corrected chi connectivity index (χ3v) is 7.39. The summed E-state index contributed by atoms with van der Waals surface area (Å²) < 4.78 is 32.3. The van der Waals surface area contributed by atoms with Crippen LogP contribution in [0.5, 0.6) is 5.75 Å². The highest BCUT2D eigenvalue weighted by Gasteiger charge is 2.33. The number of aryl methyl sites for hydroxylation is 1. The Labute approximate surface area is 238 Å². The zero-order chi connectivity index (χ0) is 29.3. The lowest BCUT2D eigenvalue weighted by Gasteiger charge is -2.34. The molecule has 1 N–H and O–H groups in total. The van der Waals surface area contributed by atoms with Crippen molar-refractivity contribution in [2.45, 2.75) is 52.7 Å². The molecule has 0 heterocycles. The van der Waals surface area contributed by atoms with Gasteiger partial charge in [0, 0.05) is 19.0 Å². The Kier molecular flexibility index (Phi) is 10.7. The first-order valence-electron chi connectivity index (χ1n) is 13.4. The minimum atomic E-state index is -3.83. The number of sulfonamides is 1. The molecule has 0 aromatic heterocycles. The molecule has 0 saturated heterocycles. The number of carbonyl (C=O) groups is 2. The maximum Gasteiger partial charge on any atom is 0.244 e. The number of hydrogen-bond acceptors (Lipinski definition) is 5. The van der Waals surface area contributed by atoms with Gasteiger partial charge >= 0.3 is 0 Å². The average molecular weight is 566 g/mol. The van der Waals surface area contributed by atoms with E-state index in [9.17, 15) is 18.0 Å². The summed E-state index contributed by atoms with van der Waals surface area (Å²) in [5.41, 5.74) is 3.08. The Morgan fingerprint density at radius 1 is 0.925 bits per heavy atom. The van der Waals surface area contributed by atoms with Crippen molar-refractivity contribution in [2.24, 2.45) is 0 Å². The first-order valence-corrected chi connectivity index (χ1v) is 15.2. The van der Waals surface area contributed by atoms with Crippen LogP contribution in [-0.4, -0.2) is 56.6 Å². The standard InChI is InChI=1S/C31H39N3O5S/c1-6-39-28-17-15-27(16-18-28)34(40(5,37)38)22-30(35)33(21-26-14-10-11-24(4)19-26)29(31(36)32-23(2)3)20-25-12-8-7-9-13-25/h7-19,23,29H,6,20-22H2,1-5H3,(H,32,36)/t29-/m1/s1. The second-order valence-electron chi connectivity index (χ2n) is 10.1. The van der Waals surface area contributed by atoms with Crippen LogP contribution in [0, 0.1) is 6.92 Å². The Morgan fingerprint density at radius 2 is 1.57 bits per heavy atom. The molecule has 9 heteroatoms. The van der Waals surface area contributed by atoms with Crippen LogP contribution in [0.4, 0.5) is 5.69 Å². The van der Waals surface area contributed by atoms with Crippen molar-refractivity contribution in [1.82, 2.24) is 10.2 Å². The number of carbonyl (C=O) groups excluding carboxylic acids is 2. The SMILES string of the molecule is CCOc1ccc(N(CC(=O)N(Cc2cccc(C)c2)[C@H](Cc2ccccc2)C(=O)NC(C)C)S(C)(=O)=O)cc1. The Morgan fingerprint density at radius 3 is 2.15 bits per heavy atom. The van der Waals surface area contributed by atoms with Crippen molar-refractivity contribution in [3.8, 4) is 5.75 Å². The molecule has 0 aliphatic rings. The molecule has 3 aromatic rings. The summed E-state index contributed by atoms with van der Waals surface area (Å²) in [6.45, 7) is 7.70. The van der Waals surface area contributed by atoms with E-state index in [0.29, 0.717) is 18.0 Å². The molecule has 3 aromatic carbocycles. The van der Waals surface area contributed by atoms with Gasteiger partial charge in [0.05, 0.1) is 18.6 Å². The van der Waals surface area contributed by atoms with Gasteiger partial charge in [-0.25, -0.2) is 8.42 Å². The minimum Gasteiger partial charge on any atom is -0.494 e. The molecule has 2 amide bonds. The second-order valence-corrected chi connectivity index (χ2v) is 12.0. The van der Waals surface area contributed by atoms with E-state index in [1.54, 1.807) is 24.3 Å². The number of anilines is 1. The summed E-state index contributed by atoms with van der Waals surface area (Å²) in [7, 11) is -3.83. The van der Waals surface area contributed by atoms with E-state index < -0.39 is 28.5 Å². The molecule has 214 valence electrons. The largest absolute Gasteiger partial charge is 0.494 e. The summed E-state index contributed by atoms with van der Waals surface area (Å²) in [6, 6.07) is 22.7. The topological polar surface area (TPSA) is 96.0 Å². The molecule has 0 bridgehead atoms. The van der Waals surface area contributed by atoms with Crippen molar-refractivity contribution in [2.75, 3.05) is 23.7 Å². The van der Waals surface area contributed by atoms with Crippen molar-refractivity contribution in [3.05, 3.63) is 95.6 Å². The third kappa shape index (κ3) is 8.84. The quantitative estimate of drug-likeness (QED) is 0.333. The van der Waals surface area contributed by atoms with E-state index in [0.717, 1.165) is 27.3 Å². The molecule has 0 saturated carbocycles. The molecule has 1 atom stereocenters. The normalized spacial score (nSPS) is 12.1. The number of rotatable bonds is 13. The Bertz CT molecular complexity index is 1380. The van der Waals surface area contributed by atoms with Crippen LogP contribution >= 0.6 is 0 Å². The number of nitrogens with one attached hydrogen (secondary N) is 1. The monoisotopic (exact) mass is 565 g/mol. The average Bonchev–Trinajstić information content (AvgIpc) is 2.89. The third-order valence-electron chi connectivity index (χ3n) is 6.25. The molecule has 3 rings (SSSR count). The van der Waals surface area contributed by atoms with Crippen molar-refractivity contribution < 1.29 is 22.7 Å². The molecule has 0 fully saturated rings. The molecule has 0 spiro atoms. The fourth-order valence-electron chi connectivity index (χ4n) is 4.43. The summed E-state index contributed by atoms with van der Waals surface area (Å²) in [6.07, 6.45) is 1.34. The molecular formula is C31H39N3O5S. The van der Waals surface area contributed by atoms with E-state index in [1.807, 2.05) is 82.3 Å². The van der Waals surface area contributed by atoms with Gasteiger partial charge in [-0.05, 0) is 63.1 Å². The smallest absolute Gasteiger partial charge is 0.244 e. The molecule has 40 heavy (non-hydrogen) atoms. The van der Waals surface area contributed by atoms with Crippen LogP contribution < -0.4 is 14.4 Å². The van der Waals surface area contributed by atoms with Gasteiger partial charge in [0.25, 0.3) is 0 Å². The predicted molar refractivity (Wildman–Crippen MR) is 159 cm³/mol. The number of ether oxygens (including phenoxy) is 1. The van der Waals surface area contributed by atoms with Crippen LogP contribution in [-0.2, 0) is 32.6 Å². The molecule has 0 aliphatic heterocycles.